The summed E-state index contributed by atoms with van der Waals surface area (Å²) in [6.07, 6.45) is 0.0127. The Bertz CT molecular complexity index is 516. The number of ether oxygens (including phenoxy) is 2. The highest BCUT2D eigenvalue weighted by Crippen LogP contribution is 2.27. The number of methoxy groups -OCH3 is 1. The molecule has 19 heavy (non-hydrogen) atoms. The molecule has 1 aromatic rings. The SMILES string of the molecule is COc1ccc(Br)c(NS(=O)(=O)CCOC(C)C)c1. The molecule has 7 heteroatoms. The Balaban J connectivity index is 2.72. The number of benzene rings is 1. The fourth-order valence-corrected chi connectivity index (χ4v) is 2.72. The normalized spacial score (nSPS) is 11.6. The monoisotopic (exact) mass is 351 g/mol. The third-order valence-corrected chi connectivity index (χ3v) is 4.17. The molecule has 1 N–H and O–H groups in total. The first kappa shape index (κ1) is 16.3. The van der Waals surface area contributed by atoms with E-state index in [-0.39, 0.29) is 18.5 Å². The van der Waals surface area contributed by atoms with Gasteiger partial charge in [0.2, 0.25) is 10.0 Å². The molecule has 0 aliphatic carbocycles. The number of halogens is 1. The first-order valence-corrected chi connectivity index (χ1v) is 8.24. The van der Waals surface area contributed by atoms with Crippen LogP contribution in [-0.4, -0.2) is 34.0 Å². The van der Waals surface area contributed by atoms with Gasteiger partial charge in [0.15, 0.2) is 0 Å². The van der Waals surface area contributed by atoms with Crippen LogP contribution >= 0.6 is 15.9 Å². The van der Waals surface area contributed by atoms with E-state index >= 15 is 0 Å². The molecule has 0 fully saturated rings. The predicted molar refractivity (Wildman–Crippen MR) is 79.2 cm³/mol. The predicted octanol–water partition coefficient (Wildman–Crippen LogP) is 2.62. The van der Waals surface area contributed by atoms with Gasteiger partial charge in [-0.2, -0.15) is 0 Å². The van der Waals surface area contributed by atoms with E-state index in [2.05, 4.69) is 20.7 Å². The molecule has 1 aromatic carbocycles. The van der Waals surface area contributed by atoms with Gasteiger partial charge < -0.3 is 9.47 Å². The highest BCUT2D eigenvalue weighted by atomic mass is 79.9. The first-order chi connectivity index (χ1) is 8.84. The molecular formula is C12H18BrNO4S. The molecule has 0 aliphatic heterocycles. The molecular weight excluding hydrogens is 334 g/mol. The van der Waals surface area contributed by atoms with Crippen LogP contribution < -0.4 is 9.46 Å². The molecule has 0 atom stereocenters. The van der Waals surface area contributed by atoms with Crippen molar-refractivity contribution in [3.63, 3.8) is 0 Å². The van der Waals surface area contributed by atoms with Gasteiger partial charge in [0, 0.05) is 10.5 Å². The van der Waals surface area contributed by atoms with Gasteiger partial charge in [-0.1, -0.05) is 0 Å². The van der Waals surface area contributed by atoms with Crippen molar-refractivity contribution in [2.24, 2.45) is 0 Å². The van der Waals surface area contributed by atoms with Crippen LogP contribution in [0.2, 0.25) is 0 Å². The molecule has 108 valence electrons. The van der Waals surface area contributed by atoms with E-state index in [1.165, 1.54) is 7.11 Å². The van der Waals surface area contributed by atoms with Crippen LogP contribution in [0.3, 0.4) is 0 Å². The van der Waals surface area contributed by atoms with Crippen LogP contribution in [0.5, 0.6) is 5.75 Å². The lowest BCUT2D eigenvalue weighted by Crippen LogP contribution is -2.21. The smallest absolute Gasteiger partial charge is 0.235 e. The average molecular weight is 352 g/mol. The van der Waals surface area contributed by atoms with Crippen molar-refractivity contribution in [1.29, 1.82) is 0 Å². The number of anilines is 1. The summed E-state index contributed by atoms with van der Waals surface area (Å²) in [4.78, 5) is 0. The standard InChI is InChI=1S/C12H18BrNO4S/c1-9(2)18-6-7-19(15,16)14-12-8-10(17-3)4-5-11(12)13/h4-5,8-9,14H,6-7H2,1-3H3. The van der Waals surface area contributed by atoms with Crippen molar-refractivity contribution in [3.05, 3.63) is 22.7 Å². The Kier molecular flexibility index (Phi) is 6.09. The van der Waals surface area contributed by atoms with Crippen molar-refractivity contribution in [1.82, 2.24) is 0 Å². The molecule has 0 aromatic heterocycles. The van der Waals surface area contributed by atoms with Crippen LogP contribution in [-0.2, 0) is 14.8 Å². The second kappa shape index (κ2) is 7.12. The van der Waals surface area contributed by atoms with Crippen LogP contribution in [0.15, 0.2) is 22.7 Å². The average Bonchev–Trinajstić information content (AvgIpc) is 2.31. The molecule has 0 heterocycles. The van der Waals surface area contributed by atoms with E-state index in [1.54, 1.807) is 18.2 Å². The zero-order valence-electron chi connectivity index (χ0n) is 11.1. The zero-order valence-corrected chi connectivity index (χ0v) is 13.5. The van der Waals surface area contributed by atoms with E-state index in [0.29, 0.717) is 15.9 Å². The maximum atomic E-state index is 11.9. The summed E-state index contributed by atoms with van der Waals surface area (Å²) in [5, 5.41) is 0. The summed E-state index contributed by atoms with van der Waals surface area (Å²) in [6.45, 7) is 3.88. The Morgan fingerprint density at radius 3 is 2.63 bits per heavy atom. The van der Waals surface area contributed by atoms with E-state index < -0.39 is 10.0 Å². The minimum absolute atomic E-state index is 0.0127. The lowest BCUT2D eigenvalue weighted by molar-refractivity contribution is 0.0913. The summed E-state index contributed by atoms with van der Waals surface area (Å²) < 4.78 is 37.2. The highest BCUT2D eigenvalue weighted by molar-refractivity contribution is 9.10. The lowest BCUT2D eigenvalue weighted by atomic mass is 10.3. The fraction of sp³-hybridized carbons (Fsp3) is 0.500. The molecule has 0 saturated heterocycles. The van der Waals surface area contributed by atoms with Gasteiger partial charge in [0.1, 0.15) is 5.75 Å². The minimum atomic E-state index is -3.44. The van der Waals surface area contributed by atoms with Crippen LogP contribution in [0.4, 0.5) is 5.69 Å². The van der Waals surface area contributed by atoms with Gasteiger partial charge in [-0.15, -0.1) is 0 Å². The molecule has 1 rings (SSSR count). The molecule has 0 unspecified atom stereocenters. The van der Waals surface area contributed by atoms with Gasteiger partial charge in [0.05, 0.1) is 31.3 Å². The third-order valence-electron chi connectivity index (χ3n) is 2.24. The fourth-order valence-electron chi connectivity index (χ4n) is 1.32. The van der Waals surface area contributed by atoms with E-state index in [9.17, 15) is 8.42 Å². The minimum Gasteiger partial charge on any atom is -0.497 e. The highest BCUT2D eigenvalue weighted by Gasteiger charge is 2.13. The Morgan fingerprint density at radius 2 is 2.05 bits per heavy atom. The van der Waals surface area contributed by atoms with Gasteiger partial charge in [-0.25, -0.2) is 8.42 Å². The third kappa shape index (κ3) is 5.80. The Morgan fingerprint density at radius 1 is 1.37 bits per heavy atom. The molecule has 0 bridgehead atoms. The van der Waals surface area contributed by atoms with Crippen molar-refractivity contribution in [2.45, 2.75) is 20.0 Å². The largest absolute Gasteiger partial charge is 0.497 e. The lowest BCUT2D eigenvalue weighted by Gasteiger charge is -2.12. The van der Waals surface area contributed by atoms with Gasteiger partial charge >= 0.3 is 0 Å². The van der Waals surface area contributed by atoms with Crippen molar-refractivity contribution < 1.29 is 17.9 Å². The molecule has 0 saturated carbocycles. The maximum absolute atomic E-state index is 11.9. The number of nitrogens with one attached hydrogen (secondary N) is 1. The molecule has 0 aliphatic rings. The van der Waals surface area contributed by atoms with Crippen molar-refractivity contribution in [2.75, 3.05) is 24.2 Å². The number of rotatable bonds is 7. The summed E-state index contributed by atoms with van der Waals surface area (Å²) in [5.74, 6) is 0.494. The topological polar surface area (TPSA) is 64.6 Å². The number of hydrogen-bond donors (Lipinski definition) is 1. The second-order valence-electron chi connectivity index (χ2n) is 4.19. The summed E-state index contributed by atoms with van der Waals surface area (Å²) in [5.41, 5.74) is 0.448. The van der Waals surface area contributed by atoms with E-state index in [4.69, 9.17) is 9.47 Å². The molecule has 5 nitrogen and oxygen atoms in total. The van der Waals surface area contributed by atoms with E-state index in [1.807, 2.05) is 13.8 Å². The van der Waals surface area contributed by atoms with E-state index in [0.717, 1.165) is 0 Å². The second-order valence-corrected chi connectivity index (χ2v) is 6.88. The number of hydrogen-bond acceptors (Lipinski definition) is 4. The zero-order chi connectivity index (χ0) is 14.5. The summed E-state index contributed by atoms with van der Waals surface area (Å²) in [6, 6.07) is 5.08. The first-order valence-electron chi connectivity index (χ1n) is 5.79. The van der Waals surface area contributed by atoms with Crippen LogP contribution in [0.25, 0.3) is 0 Å². The Hall–Kier alpha value is -0.790. The van der Waals surface area contributed by atoms with Gasteiger partial charge in [-0.3, -0.25) is 4.72 Å². The molecule has 0 radical (unpaired) electrons. The van der Waals surface area contributed by atoms with Crippen molar-refractivity contribution in [3.8, 4) is 5.75 Å². The summed E-state index contributed by atoms with van der Waals surface area (Å²) >= 11 is 3.29. The summed E-state index contributed by atoms with van der Waals surface area (Å²) in [7, 11) is -1.91. The number of sulfonamides is 1. The Labute approximate surface area is 122 Å². The van der Waals surface area contributed by atoms with Gasteiger partial charge in [0.25, 0.3) is 0 Å². The van der Waals surface area contributed by atoms with Crippen molar-refractivity contribution >= 4 is 31.6 Å². The quantitative estimate of drug-likeness (QED) is 0.819. The van der Waals surface area contributed by atoms with Gasteiger partial charge in [-0.05, 0) is 41.9 Å². The van der Waals surface area contributed by atoms with Crippen LogP contribution in [0.1, 0.15) is 13.8 Å². The molecule has 0 amide bonds. The van der Waals surface area contributed by atoms with Crippen LogP contribution in [0, 0.1) is 0 Å². The molecule has 0 spiro atoms. The maximum Gasteiger partial charge on any atom is 0.235 e.